The number of imidazole rings is 1. The van der Waals surface area contributed by atoms with E-state index in [0.29, 0.717) is 5.92 Å². The number of aromatic nitrogens is 2. The lowest BCUT2D eigenvalue weighted by Crippen LogP contribution is -2.35. The molecular formula is C23H27N3O2. The zero-order valence-electron chi connectivity index (χ0n) is 16.7. The number of aromatic amines is 1. The van der Waals surface area contributed by atoms with Crippen molar-refractivity contribution in [1.29, 1.82) is 0 Å². The Morgan fingerprint density at radius 3 is 2.89 bits per heavy atom. The van der Waals surface area contributed by atoms with E-state index in [1.165, 1.54) is 5.56 Å². The largest absolute Gasteiger partial charge is 0.483 e. The highest BCUT2D eigenvalue weighted by Gasteiger charge is 2.32. The Hall–Kier alpha value is -2.82. The Morgan fingerprint density at radius 2 is 2.11 bits per heavy atom. The van der Waals surface area contributed by atoms with Crippen molar-refractivity contribution in [2.45, 2.75) is 45.6 Å². The SMILES string of the molecule is Cc1ccc(C(C)C)cc1OCC(=O)N1CCC[C@H]1c1nc2ccccc2[nH]1. The summed E-state index contributed by atoms with van der Waals surface area (Å²) in [6.07, 6.45) is 1.91. The van der Waals surface area contributed by atoms with Crippen LogP contribution in [0.4, 0.5) is 0 Å². The van der Waals surface area contributed by atoms with E-state index in [0.717, 1.165) is 47.6 Å². The molecule has 2 heterocycles. The predicted octanol–water partition coefficient (Wildman–Crippen LogP) is 4.74. The molecule has 2 aromatic carbocycles. The van der Waals surface area contributed by atoms with Crippen LogP contribution in [-0.4, -0.2) is 33.9 Å². The molecule has 1 aliphatic rings. The highest BCUT2D eigenvalue weighted by atomic mass is 16.5. The van der Waals surface area contributed by atoms with E-state index in [1.54, 1.807) is 0 Å². The van der Waals surface area contributed by atoms with Crippen LogP contribution in [-0.2, 0) is 4.79 Å². The van der Waals surface area contributed by atoms with Crippen LogP contribution in [0.2, 0.25) is 0 Å². The van der Waals surface area contributed by atoms with Crippen LogP contribution in [0.3, 0.4) is 0 Å². The molecule has 1 aromatic heterocycles. The van der Waals surface area contributed by atoms with Gasteiger partial charge in [-0.05, 0) is 55.0 Å². The Morgan fingerprint density at radius 1 is 1.29 bits per heavy atom. The number of fused-ring (bicyclic) bond motifs is 1. The molecular weight excluding hydrogens is 350 g/mol. The van der Waals surface area contributed by atoms with Gasteiger partial charge in [0.25, 0.3) is 5.91 Å². The van der Waals surface area contributed by atoms with Crippen molar-refractivity contribution in [2.24, 2.45) is 0 Å². The Kier molecular flexibility index (Phi) is 5.07. The van der Waals surface area contributed by atoms with E-state index >= 15 is 0 Å². The first kappa shape index (κ1) is 18.5. The Balaban J connectivity index is 1.47. The molecule has 5 heteroatoms. The van der Waals surface area contributed by atoms with Gasteiger partial charge >= 0.3 is 0 Å². The van der Waals surface area contributed by atoms with Gasteiger partial charge in [-0.3, -0.25) is 4.79 Å². The van der Waals surface area contributed by atoms with Crippen LogP contribution in [0.15, 0.2) is 42.5 Å². The second-order valence-electron chi connectivity index (χ2n) is 7.85. The van der Waals surface area contributed by atoms with Crippen LogP contribution in [0, 0.1) is 6.92 Å². The average molecular weight is 377 g/mol. The minimum absolute atomic E-state index is 0.00778. The summed E-state index contributed by atoms with van der Waals surface area (Å²) in [5, 5.41) is 0. The molecule has 3 aromatic rings. The quantitative estimate of drug-likeness (QED) is 0.699. The van der Waals surface area contributed by atoms with Crippen LogP contribution in [0.25, 0.3) is 11.0 Å². The molecule has 0 saturated carbocycles. The van der Waals surface area contributed by atoms with Gasteiger partial charge in [0.15, 0.2) is 6.61 Å². The number of likely N-dealkylation sites (tertiary alicyclic amines) is 1. The topological polar surface area (TPSA) is 58.2 Å². The summed E-state index contributed by atoms with van der Waals surface area (Å²) in [4.78, 5) is 22.9. The number of amides is 1. The van der Waals surface area contributed by atoms with Crippen molar-refractivity contribution < 1.29 is 9.53 Å². The summed E-state index contributed by atoms with van der Waals surface area (Å²) in [7, 11) is 0. The van der Waals surface area contributed by atoms with Gasteiger partial charge in [-0.2, -0.15) is 0 Å². The zero-order valence-corrected chi connectivity index (χ0v) is 16.7. The summed E-state index contributed by atoms with van der Waals surface area (Å²) in [6.45, 7) is 7.12. The second-order valence-corrected chi connectivity index (χ2v) is 7.85. The molecule has 1 aliphatic heterocycles. The smallest absolute Gasteiger partial charge is 0.261 e. The van der Waals surface area contributed by atoms with Crippen LogP contribution >= 0.6 is 0 Å². The summed E-state index contributed by atoms with van der Waals surface area (Å²) < 4.78 is 5.92. The van der Waals surface area contributed by atoms with Crippen molar-refractivity contribution in [3.05, 3.63) is 59.4 Å². The maximum Gasteiger partial charge on any atom is 0.261 e. The number of hydrogen-bond donors (Lipinski definition) is 1. The van der Waals surface area contributed by atoms with Crippen LogP contribution < -0.4 is 4.74 Å². The molecule has 1 N–H and O–H groups in total. The molecule has 0 unspecified atom stereocenters. The van der Waals surface area contributed by atoms with Crippen molar-refractivity contribution in [2.75, 3.05) is 13.2 Å². The van der Waals surface area contributed by atoms with Gasteiger partial charge in [-0.1, -0.05) is 38.1 Å². The molecule has 0 spiro atoms. The highest BCUT2D eigenvalue weighted by Crippen LogP contribution is 2.32. The van der Waals surface area contributed by atoms with E-state index in [4.69, 9.17) is 9.72 Å². The van der Waals surface area contributed by atoms with Gasteiger partial charge in [-0.15, -0.1) is 0 Å². The number of hydrogen-bond acceptors (Lipinski definition) is 3. The zero-order chi connectivity index (χ0) is 19.7. The first-order valence-electron chi connectivity index (χ1n) is 10.0. The fourth-order valence-corrected chi connectivity index (χ4v) is 3.83. The minimum atomic E-state index is -0.00778. The lowest BCUT2D eigenvalue weighted by Gasteiger charge is -2.23. The van der Waals surface area contributed by atoms with Crippen molar-refractivity contribution in [1.82, 2.24) is 14.9 Å². The van der Waals surface area contributed by atoms with Gasteiger partial charge in [0, 0.05) is 6.54 Å². The third kappa shape index (κ3) is 3.61. The number of para-hydroxylation sites is 2. The van der Waals surface area contributed by atoms with Gasteiger partial charge in [-0.25, -0.2) is 4.98 Å². The molecule has 1 saturated heterocycles. The first-order chi connectivity index (χ1) is 13.5. The highest BCUT2D eigenvalue weighted by molar-refractivity contribution is 5.79. The minimum Gasteiger partial charge on any atom is -0.483 e. The number of rotatable bonds is 5. The Bertz CT molecular complexity index is 959. The summed E-state index contributed by atoms with van der Waals surface area (Å²) in [5.41, 5.74) is 4.21. The molecule has 1 amide bonds. The van der Waals surface area contributed by atoms with Crippen molar-refractivity contribution in [3.8, 4) is 5.75 Å². The predicted molar refractivity (Wildman–Crippen MR) is 111 cm³/mol. The average Bonchev–Trinajstić information content (AvgIpc) is 3.33. The standard InChI is InChI=1S/C23H27N3O2/c1-15(2)17-11-10-16(3)21(13-17)28-14-22(27)26-12-6-9-20(26)23-24-18-7-4-5-8-19(18)25-23/h4-5,7-8,10-11,13,15,20H,6,9,12,14H2,1-3H3,(H,24,25)/t20-/m0/s1. The van der Waals surface area contributed by atoms with E-state index in [1.807, 2.05) is 42.2 Å². The molecule has 0 aliphatic carbocycles. The van der Waals surface area contributed by atoms with Gasteiger partial charge in [0.1, 0.15) is 11.6 Å². The molecule has 4 rings (SSSR count). The molecule has 1 atom stereocenters. The van der Waals surface area contributed by atoms with Gasteiger partial charge in [0.05, 0.1) is 17.1 Å². The molecule has 5 nitrogen and oxygen atoms in total. The Labute approximate surface area is 165 Å². The lowest BCUT2D eigenvalue weighted by molar-refractivity contribution is -0.134. The summed E-state index contributed by atoms with van der Waals surface area (Å²) in [6, 6.07) is 14.2. The number of benzene rings is 2. The van der Waals surface area contributed by atoms with Crippen LogP contribution in [0.1, 0.15) is 55.6 Å². The molecule has 0 bridgehead atoms. The molecule has 28 heavy (non-hydrogen) atoms. The molecule has 146 valence electrons. The van der Waals surface area contributed by atoms with E-state index in [2.05, 4.69) is 31.0 Å². The van der Waals surface area contributed by atoms with Crippen molar-refractivity contribution in [3.63, 3.8) is 0 Å². The molecule has 0 radical (unpaired) electrons. The van der Waals surface area contributed by atoms with Crippen LogP contribution in [0.5, 0.6) is 5.75 Å². The second kappa shape index (κ2) is 7.66. The fourth-order valence-electron chi connectivity index (χ4n) is 3.83. The molecule has 1 fully saturated rings. The van der Waals surface area contributed by atoms with E-state index < -0.39 is 0 Å². The summed E-state index contributed by atoms with van der Waals surface area (Å²) >= 11 is 0. The van der Waals surface area contributed by atoms with E-state index in [9.17, 15) is 4.79 Å². The van der Waals surface area contributed by atoms with Gasteiger partial charge in [0.2, 0.25) is 0 Å². The fraction of sp³-hybridized carbons (Fsp3) is 0.391. The number of carbonyl (C=O) groups is 1. The number of nitrogens with zero attached hydrogens (tertiary/aromatic N) is 2. The van der Waals surface area contributed by atoms with E-state index in [-0.39, 0.29) is 18.6 Å². The third-order valence-electron chi connectivity index (χ3n) is 5.53. The van der Waals surface area contributed by atoms with Gasteiger partial charge < -0.3 is 14.6 Å². The number of carbonyl (C=O) groups excluding carboxylic acids is 1. The number of aryl methyl sites for hydroxylation is 1. The number of nitrogens with one attached hydrogen (secondary N) is 1. The van der Waals surface area contributed by atoms with Crippen molar-refractivity contribution >= 4 is 16.9 Å². The number of H-pyrrole nitrogens is 1. The lowest BCUT2D eigenvalue weighted by atomic mass is 10.0. The third-order valence-corrected chi connectivity index (χ3v) is 5.53. The normalized spacial score (nSPS) is 16.9. The monoisotopic (exact) mass is 377 g/mol. The first-order valence-corrected chi connectivity index (χ1v) is 10.0. The maximum absolute atomic E-state index is 12.9. The maximum atomic E-state index is 12.9. The number of ether oxygens (including phenoxy) is 1. The summed E-state index contributed by atoms with van der Waals surface area (Å²) in [5.74, 6) is 2.09.